The smallest absolute Gasteiger partial charge is 0.419 e. The number of nitrogens with zero attached hydrogens (tertiary/aromatic N) is 3. The predicted molar refractivity (Wildman–Crippen MR) is 170 cm³/mol. The largest absolute Gasteiger partial charge is 0.500 e. The van der Waals surface area contributed by atoms with Gasteiger partial charge in [0.05, 0.1) is 28.8 Å². The number of phenolic OH excluding ortho intramolecular Hbond substituents is 1. The summed E-state index contributed by atoms with van der Waals surface area (Å²) >= 11 is 0. The fourth-order valence-corrected chi connectivity index (χ4v) is 6.32. The van der Waals surface area contributed by atoms with Gasteiger partial charge in [-0.1, -0.05) is 24.6 Å². The summed E-state index contributed by atoms with van der Waals surface area (Å²) in [6.45, 7) is 8.53. The van der Waals surface area contributed by atoms with Gasteiger partial charge in [0.1, 0.15) is 5.60 Å². The third kappa shape index (κ3) is 5.71. The number of fused-ring (bicyclic) bond motifs is 2. The van der Waals surface area contributed by atoms with Gasteiger partial charge in [-0.15, -0.1) is 0 Å². The van der Waals surface area contributed by atoms with Crippen LogP contribution in [-0.4, -0.2) is 57.3 Å². The number of carbonyl (C=O) groups is 2. The average molecular weight is 613 g/mol. The molecule has 0 spiro atoms. The molecule has 0 saturated carbocycles. The molecule has 3 heterocycles. The lowest BCUT2D eigenvalue weighted by Crippen LogP contribution is -2.29. The molecule has 1 fully saturated rings. The number of aromatic hydroxyl groups is 1. The molecule has 45 heavy (non-hydrogen) atoms. The van der Waals surface area contributed by atoms with E-state index in [1.165, 1.54) is 43.1 Å². The number of carbonyl (C=O) groups excluding carboxylic acids is 2. The van der Waals surface area contributed by atoms with E-state index >= 15 is 0 Å². The van der Waals surface area contributed by atoms with Crippen molar-refractivity contribution < 1.29 is 29.1 Å². The molecule has 1 amide bonds. The predicted octanol–water partition coefficient (Wildman–Crippen LogP) is 6.61. The lowest BCUT2D eigenvalue weighted by molar-refractivity contribution is -0.385. The maximum atomic E-state index is 13.7. The van der Waals surface area contributed by atoms with E-state index in [1.54, 1.807) is 32.9 Å². The molecule has 4 aromatic rings. The minimum atomic E-state index is -0.755. The Hall–Kier alpha value is -4.90. The van der Waals surface area contributed by atoms with Crippen LogP contribution in [0, 0.1) is 10.1 Å². The van der Waals surface area contributed by atoms with Crippen molar-refractivity contribution >= 4 is 28.6 Å². The average Bonchev–Trinajstić information content (AvgIpc) is 3.57. The molecule has 0 unspecified atom stereocenters. The molecule has 2 aliphatic rings. The van der Waals surface area contributed by atoms with Crippen LogP contribution >= 0.6 is 0 Å². The molecule has 11 heteroatoms. The quantitative estimate of drug-likeness (QED) is 0.183. The van der Waals surface area contributed by atoms with E-state index in [9.17, 15) is 24.8 Å². The summed E-state index contributed by atoms with van der Waals surface area (Å²) < 4.78 is 12.6. The van der Waals surface area contributed by atoms with Crippen molar-refractivity contribution in [3.8, 4) is 33.9 Å². The number of nitro groups is 1. The van der Waals surface area contributed by atoms with E-state index in [4.69, 9.17) is 9.47 Å². The van der Waals surface area contributed by atoms with Crippen LogP contribution in [0.5, 0.6) is 11.5 Å². The summed E-state index contributed by atoms with van der Waals surface area (Å²) in [5, 5.41) is 25.7. The van der Waals surface area contributed by atoms with Gasteiger partial charge in [-0.2, -0.15) is 0 Å². The van der Waals surface area contributed by atoms with E-state index in [1.807, 2.05) is 18.2 Å². The molecule has 234 valence electrons. The molecule has 0 radical (unpaired) electrons. The molecule has 0 aliphatic carbocycles. The van der Waals surface area contributed by atoms with Gasteiger partial charge in [0.15, 0.2) is 5.75 Å². The number of amides is 1. The molecule has 1 aromatic heterocycles. The molecule has 0 atom stereocenters. The van der Waals surface area contributed by atoms with E-state index in [2.05, 4.69) is 16.3 Å². The van der Waals surface area contributed by atoms with Crippen molar-refractivity contribution in [2.75, 3.05) is 20.2 Å². The number of likely N-dealkylation sites (tertiary alicyclic amines) is 1. The second kappa shape index (κ2) is 11.6. The first-order valence-electron chi connectivity index (χ1n) is 15.1. The Labute approximate surface area is 260 Å². The van der Waals surface area contributed by atoms with Crippen LogP contribution in [-0.2, 0) is 17.8 Å². The van der Waals surface area contributed by atoms with Crippen LogP contribution in [0.1, 0.15) is 61.5 Å². The zero-order chi connectivity index (χ0) is 32.0. The molecule has 2 aliphatic heterocycles. The lowest BCUT2D eigenvalue weighted by Gasteiger charge is -2.26. The Bertz CT molecular complexity index is 1850. The van der Waals surface area contributed by atoms with Crippen molar-refractivity contribution in [2.24, 2.45) is 0 Å². The molecular weight excluding hydrogens is 576 g/mol. The fraction of sp³-hybridized carbons (Fsp3) is 0.353. The number of ether oxygens (including phenoxy) is 2. The van der Waals surface area contributed by atoms with Crippen LogP contribution in [0.25, 0.3) is 33.3 Å². The maximum Gasteiger partial charge on any atom is 0.419 e. The number of hydrogen-bond donors (Lipinski definition) is 2. The molecule has 0 bridgehead atoms. The molecule has 11 nitrogen and oxygen atoms in total. The maximum absolute atomic E-state index is 13.7. The van der Waals surface area contributed by atoms with E-state index in [-0.39, 0.29) is 18.2 Å². The highest BCUT2D eigenvalue weighted by atomic mass is 16.6. The zero-order valence-corrected chi connectivity index (χ0v) is 25.8. The highest BCUT2D eigenvalue weighted by molar-refractivity contribution is 6.08. The standard InChI is InChI=1S/C34H36N4O7/c1-34(2,3)45-33(41)37-26-11-8-20(19-36-12-6-5-7-13-36)14-22(26)16-27(37)24-10-9-23(25-18-35-32(40)30(24)25)21-15-28(38(42)43)31(39)29(17-21)44-4/h8-11,14-17,39H,5-7,12-13,18-19H2,1-4H3,(H,35,40). The Balaban J connectivity index is 1.52. The number of rotatable bonds is 6. The first-order chi connectivity index (χ1) is 21.4. The van der Waals surface area contributed by atoms with Crippen LogP contribution in [0.2, 0.25) is 0 Å². The number of aromatic nitrogens is 1. The monoisotopic (exact) mass is 612 g/mol. The van der Waals surface area contributed by atoms with Gasteiger partial charge in [-0.25, -0.2) is 9.36 Å². The Kier molecular flexibility index (Phi) is 7.74. The van der Waals surface area contributed by atoms with Crippen LogP contribution in [0.3, 0.4) is 0 Å². The van der Waals surface area contributed by atoms with Crippen LogP contribution < -0.4 is 10.1 Å². The summed E-state index contributed by atoms with van der Waals surface area (Å²) in [4.78, 5) is 40.6. The summed E-state index contributed by atoms with van der Waals surface area (Å²) in [5.41, 5.74) is 3.53. The highest BCUT2D eigenvalue weighted by Crippen LogP contribution is 2.44. The van der Waals surface area contributed by atoms with Gasteiger partial charge in [0.25, 0.3) is 5.91 Å². The molecular formula is C34H36N4O7. The van der Waals surface area contributed by atoms with Crippen molar-refractivity contribution in [1.29, 1.82) is 0 Å². The van der Waals surface area contributed by atoms with E-state index in [0.29, 0.717) is 39.0 Å². The Morgan fingerprint density at radius 1 is 1.04 bits per heavy atom. The zero-order valence-electron chi connectivity index (χ0n) is 25.8. The second-order valence-corrected chi connectivity index (χ2v) is 12.6. The SMILES string of the molecule is COc1cc(-c2ccc(-c3cc4cc(CN5CCCCC5)ccc4n3C(=O)OC(C)(C)C)c3c2CNC3=O)cc([N+](=O)[O-])c1O. The van der Waals surface area contributed by atoms with E-state index in [0.717, 1.165) is 30.6 Å². The second-order valence-electron chi connectivity index (χ2n) is 12.6. The summed E-state index contributed by atoms with van der Waals surface area (Å²) in [5.74, 6) is -0.955. The summed E-state index contributed by atoms with van der Waals surface area (Å²) in [6, 6.07) is 14.2. The normalized spacial score (nSPS) is 15.2. The number of nitrogens with one attached hydrogen (secondary N) is 1. The van der Waals surface area contributed by atoms with Crippen molar-refractivity contribution in [3.05, 3.63) is 75.3 Å². The van der Waals surface area contributed by atoms with E-state index < -0.39 is 28.1 Å². The highest BCUT2D eigenvalue weighted by Gasteiger charge is 2.31. The summed E-state index contributed by atoms with van der Waals surface area (Å²) in [7, 11) is 1.31. The van der Waals surface area contributed by atoms with Gasteiger partial charge >= 0.3 is 11.8 Å². The number of piperidine rings is 1. The molecule has 2 N–H and O–H groups in total. The Morgan fingerprint density at radius 3 is 2.47 bits per heavy atom. The number of nitro benzene ring substituents is 1. The number of hydrogen-bond acceptors (Lipinski definition) is 8. The van der Waals surface area contributed by atoms with Crippen LogP contribution in [0.4, 0.5) is 10.5 Å². The molecule has 1 saturated heterocycles. The number of phenols is 1. The van der Waals surface area contributed by atoms with Gasteiger partial charge in [-0.05, 0) is 93.2 Å². The van der Waals surface area contributed by atoms with Gasteiger partial charge in [0.2, 0.25) is 5.75 Å². The topological polar surface area (TPSA) is 136 Å². The first-order valence-corrected chi connectivity index (χ1v) is 15.1. The number of benzene rings is 3. The van der Waals surface area contributed by atoms with Crippen molar-refractivity contribution in [3.63, 3.8) is 0 Å². The minimum absolute atomic E-state index is 0.0558. The number of methoxy groups -OCH3 is 1. The lowest BCUT2D eigenvalue weighted by atomic mass is 9.91. The van der Waals surface area contributed by atoms with Gasteiger partial charge in [0, 0.05) is 30.1 Å². The first kappa shape index (κ1) is 30.1. The minimum Gasteiger partial charge on any atom is -0.500 e. The van der Waals surface area contributed by atoms with Gasteiger partial charge < -0.3 is 19.9 Å². The third-order valence-electron chi connectivity index (χ3n) is 8.32. The summed E-state index contributed by atoms with van der Waals surface area (Å²) in [6.07, 6.45) is 3.07. The fourth-order valence-electron chi connectivity index (χ4n) is 6.32. The van der Waals surface area contributed by atoms with Crippen molar-refractivity contribution in [2.45, 2.75) is 58.7 Å². The molecule has 3 aromatic carbocycles. The van der Waals surface area contributed by atoms with Gasteiger partial charge in [-0.3, -0.25) is 19.8 Å². The third-order valence-corrected chi connectivity index (χ3v) is 8.32. The van der Waals surface area contributed by atoms with Crippen molar-refractivity contribution in [1.82, 2.24) is 14.8 Å². The van der Waals surface area contributed by atoms with Crippen LogP contribution in [0.15, 0.2) is 48.5 Å². The molecule has 6 rings (SSSR count). The Morgan fingerprint density at radius 2 is 1.78 bits per heavy atom.